The summed E-state index contributed by atoms with van der Waals surface area (Å²) in [7, 11) is 0. The number of hydrogen-bond donors (Lipinski definition) is 1. The maximum atomic E-state index is 13.3. The van der Waals surface area contributed by atoms with Crippen LogP contribution in [0.15, 0.2) is 24.3 Å². The maximum Gasteiger partial charge on any atom is 0.416 e. The normalized spacial score (nSPS) is 30.7. The van der Waals surface area contributed by atoms with Crippen molar-refractivity contribution >= 4 is 0 Å². The molecule has 1 aromatic carbocycles. The molecule has 1 saturated carbocycles. The Bertz CT molecular complexity index is 495. The lowest BCUT2D eigenvalue weighted by Gasteiger charge is -2.46. The lowest BCUT2D eigenvalue weighted by molar-refractivity contribution is -0.145. The quantitative estimate of drug-likeness (QED) is 0.816. The second kappa shape index (κ2) is 5.64. The van der Waals surface area contributed by atoms with Crippen LogP contribution in [0.3, 0.4) is 0 Å². The van der Waals surface area contributed by atoms with Crippen molar-refractivity contribution < 1.29 is 18.3 Å². The average Bonchev–Trinajstić information content (AvgIpc) is 2.37. The minimum Gasteiger partial charge on any atom is -0.385 e. The summed E-state index contributed by atoms with van der Waals surface area (Å²) in [4.78, 5) is 0. The summed E-state index contributed by atoms with van der Waals surface area (Å²) in [6, 6.07) is 5.48. The van der Waals surface area contributed by atoms with E-state index in [1.807, 2.05) is 20.8 Å². The van der Waals surface area contributed by atoms with Gasteiger partial charge in [0.15, 0.2) is 0 Å². The van der Waals surface area contributed by atoms with Crippen LogP contribution in [0.1, 0.15) is 51.2 Å². The minimum absolute atomic E-state index is 0.0442. The Morgan fingerprint density at radius 3 is 2.38 bits per heavy atom. The van der Waals surface area contributed by atoms with Crippen LogP contribution in [0.4, 0.5) is 13.2 Å². The van der Waals surface area contributed by atoms with Gasteiger partial charge in [-0.1, -0.05) is 45.4 Å². The van der Waals surface area contributed by atoms with E-state index in [0.717, 1.165) is 18.9 Å². The second-order valence-corrected chi connectivity index (χ2v) is 6.70. The van der Waals surface area contributed by atoms with Crippen molar-refractivity contribution in [2.24, 2.45) is 17.8 Å². The molecule has 0 aliphatic heterocycles. The summed E-state index contributed by atoms with van der Waals surface area (Å²) in [6.07, 6.45) is -2.32. The highest BCUT2D eigenvalue weighted by Gasteiger charge is 2.48. The maximum absolute atomic E-state index is 13.3. The molecule has 0 radical (unpaired) electrons. The zero-order valence-corrected chi connectivity index (χ0v) is 12.7. The number of aliphatic hydroxyl groups is 1. The van der Waals surface area contributed by atoms with E-state index < -0.39 is 17.3 Å². The molecule has 2 rings (SSSR count). The predicted molar refractivity (Wildman–Crippen MR) is 76.7 cm³/mol. The van der Waals surface area contributed by atoms with E-state index in [1.165, 1.54) is 12.1 Å². The Morgan fingerprint density at radius 2 is 1.81 bits per heavy atom. The van der Waals surface area contributed by atoms with Crippen molar-refractivity contribution in [3.05, 3.63) is 35.4 Å². The van der Waals surface area contributed by atoms with Gasteiger partial charge in [0.1, 0.15) is 0 Å². The number of rotatable bonds is 2. The summed E-state index contributed by atoms with van der Waals surface area (Å²) in [5.41, 5.74) is -2.05. The van der Waals surface area contributed by atoms with Crippen LogP contribution < -0.4 is 0 Å². The van der Waals surface area contributed by atoms with Gasteiger partial charge in [-0.3, -0.25) is 0 Å². The minimum atomic E-state index is -4.44. The molecule has 21 heavy (non-hydrogen) atoms. The highest BCUT2D eigenvalue weighted by molar-refractivity contribution is 5.35. The number of benzene rings is 1. The number of hydrogen-bond acceptors (Lipinski definition) is 1. The molecular formula is C17H23F3O. The molecule has 1 nitrogen and oxygen atoms in total. The van der Waals surface area contributed by atoms with Crippen molar-refractivity contribution in [1.29, 1.82) is 0 Å². The first-order valence-electron chi connectivity index (χ1n) is 7.55. The Hall–Kier alpha value is -1.03. The Balaban J connectivity index is 2.55. The Morgan fingerprint density at radius 1 is 1.19 bits per heavy atom. The standard InChI is InChI=1S/C17H23F3O/c1-11(2)13-9-8-12(3)10-16(13,21)14-6-4-5-7-15(14)17(18,19)20/h4-7,11-13,21H,8-10H2,1-3H3/t12?,13?,16-/m0/s1. The van der Waals surface area contributed by atoms with Gasteiger partial charge in [-0.2, -0.15) is 13.2 Å². The van der Waals surface area contributed by atoms with Crippen LogP contribution in [0.2, 0.25) is 0 Å². The molecule has 0 aromatic heterocycles. The molecule has 0 spiro atoms. The van der Waals surface area contributed by atoms with E-state index in [9.17, 15) is 18.3 Å². The van der Waals surface area contributed by atoms with Crippen LogP contribution in [0, 0.1) is 17.8 Å². The fraction of sp³-hybridized carbons (Fsp3) is 0.647. The van der Waals surface area contributed by atoms with Gasteiger partial charge in [-0.15, -0.1) is 0 Å². The van der Waals surface area contributed by atoms with Crippen molar-refractivity contribution in [1.82, 2.24) is 0 Å². The molecule has 0 heterocycles. The number of alkyl halides is 3. The van der Waals surface area contributed by atoms with Crippen LogP contribution in [-0.2, 0) is 11.8 Å². The third kappa shape index (κ3) is 3.10. The molecular weight excluding hydrogens is 277 g/mol. The summed E-state index contributed by atoms with van der Waals surface area (Å²) in [5, 5.41) is 11.2. The van der Waals surface area contributed by atoms with E-state index in [1.54, 1.807) is 6.07 Å². The molecule has 0 amide bonds. The van der Waals surface area contributed by atoms with E-state index in [-0.39, 0.29) is 23.3 Å². The van der Waals surface area contributed by atoms with Crippen molar-refractivity contribution in [2.75, 3.05) is 0 Å². The first-order valence-corrected chi connectivity index (χ1v) is 7.55. The Kier molecular flexibility index (Phi) is 4.39. The first-order chi connectivity index (χ1) is 9.66. The SMILES string of the molecule is CC1CCC(C(C)C)[C@](O)(c2ccccc2C(F)(F)F)C1. The van der Waals surface area contributed by atoms with Crippen molar-refractivity contribution in [3.8, 4) is 0 Å². The van der Waals surface area contributed by atoms with Gasteiger partial charge < -0.3 is 5.11 Å². The molecule has 118 valence electrons. The van der Waals surface area contributed by atoms with Crippen LogP contribution in [-0.4, -0.2) is 5.11 Å². The lowest BCUT2D eigenvalue weighted by Crippen LogP contribution is -2.44. The van der Waals surface area contributed by atoms with E-state index in [4.69, 9.17) is 0 Å². The summed E-state index contributed by atoms with van der Waals surface area (Å²) in [6.45, 7) is 5.95. The fourth-order valence-electron chi connectivity index (χ4n) is 3.79. The molecule has 1 aliphatic carbocycles. The summed E-state index contributed by atoms with van der Waals surface area (Å²) in [5.74, 6) is 0.229. The van der Waals surface area contributed by atoms with Crippen molar-refractivity contribution in [3.63, 3.8) is 0 Å². The van der Waals surface area contributed by atoms with Gasteiger partial charge in [0.2, 0.25) is 0 Å². The monoisotopic (exact) mass is 300 g/mol. The van der Waals surface area contributed by atoms with Gasteiger partial charge >= 0.3 is 6.18 Å². The molecule has 1 aliphatic rings. The molecule has 3 atom stereocenters. The van der Waals surface area contributed by atoms with Crippen LogP contribution in [0.25, 0.3) is 0 Å². The van der Waals surface area contributed by atoms with E-state index in [0.29, 0.717) is 6.42 Å². The highest BCUT2D eigenvalue weighted by Crippen LogP contribution is 2.50. The zero-order chi connectivity index (χ0) is 15.8. The smallest absolute Gasteiger partial charge is 0.385 e. The van der Waals surface area contributed by atoms with Crippen LogP contribution >= 0.6 is 0 Å². The summed E-state index contributed by atoms with van der Waals surface area (Å²) >= 11 is 0. The molecule has 0 bridgehead atoms. The molecule has 1 N–H and O–H groups in total. The molecule has 4 heteroatoms. The molecule has 0 saturated heterocycles. The van der Waals surface area contributed by atoms with E-state index >= 15 is 0 Å². The number of halogens is 3. The van der Waals surface area contributed by atoms with Gasteiger partial charge in [0, 0.05) is 0 Å². The van der Waals surface area contributed by atoms with Gasteiger partial charge in [-0.25, -0.2) is 0 Å². The van der Waals surface area contributed by atoms with E-state index in [2.05, 4.69) is 0 Å². The molecule has 1 fully saturated rings. The third-order valence-corrected chi connectivity index (χ3v) is 4.75. The van der Waals surface area contributed by atoms with Crippen LogP contribution in [0.5, 0.6) is 0 Å². The highest BCUT2D eigenvalue weighted by atomic mass is 19.4. The predicted octanol–water partition coefficient (Wildman–Crippen LogP) is 4.99. The average molecular weight is 300 g/mol. The summed E-state index contributed by atoms with van der Waals surface area (Å²) < 4.78 is 39.9. The molecule has 2 unspecified atom stereocenters. The second-order valence-electron chi connectivity index (χ2n) is 6.70. The first kappa shape index (κ1) is 16.3. The lowest BCUT2D eigenvalue weighted by atomic mass is 9.63. The fourth-order valence-corrected chi connectivity index (χ4v) is 3.79. The van der Waals surface area contributed by atoms with Crippen molar-refractivity contribution in [2.45, 2.75) is 51.8 Å². The molecule has 1 aromatic rings. The Labute approximate surface area is 124 Å². The third-order valence-electron chi connectivity index (χ3n) is 4.75. The van der Waals surface area contributed by atoms with Gasteiger partial charge in [0.05, 0.1) is 11.2 Å². The van der Waals surface area contributed by atoms with Gasteiger partial charge in [-0.05, 0) is 42.2 Å². The largest absolute Gasteiger partial charge is 0.416 e. The van der Waals surface area contributed by atoms with Gasteiger partial charge in [0.25, 0.3) is 0 Å². The zero-order valence-electron chi connectivity index (χ0n) is 12.7. The topological polar surface area (TPSA) is 20.2 Å².